The normalized spacial score (nSPS) is 18.6. The summed E-state index contributed by atoms with van der Waals surface area (Å²) in [4.78, 5) is 24.8. The standard InChI is InChI=1S/C21H32N2O5S/c1-4-13-29(26,27)23-12-8-11-19(23)21(25)28-15-20(24)22-18(14-16(2)3)17-9-6-5-7-10-17/h5-7,9-10,16,18-19H,4,8,11-15H2,1-3H3,(H,22,24). The Kier molecular flexibility index (Phi) is 8.64. The second kappa shape index (κ2) is 10.7. The summed E-state index contributed by atoms with van der Waals surface area (Å²) in [5.41, 5.74) is 0.994. The van der Waals surface area contributed by atoms with Crippen LogP contribution in [0.3, 0.4) is 0 Å². The molecule has 1 aliphatic rings. The predicted molar refractivity (Wildman–Crippen MR) is 112 cm³/mol. The molecular formula is C21H32N2O5S. The van der Waals surface area contributed by atoms with Crippen molar-refractivity contribution in [2.45, 2.75) is 58.5 Å². The number of nitrogens with one attached hydrogen (secondary N) is 1. The lowest BCUT2D eigenvalue weighted by atomic mass is 9.97. The van der Waals surface area contributed by atoms with Crippen molar-refractivity contribution >= 4 is 21.9 Å². The van der Waals surface area contributed by atoms with E-state index in [4.69, 9.17) is 4.74 Å². The molecule has 0 aliphatic carbocycles. The first-order valence-corrected chi connectivity index (χ1v) is 11.9. The third-order valence-corrected chi connectivity index (χ3v) is 6.96. The van der Waals surface area contributed by atoms with Crippen LogP contribution in [-0.4, -0.2) is 49.5 Å². The summed E-state index contributed by atoms with van der Waals surface area (Å²) in [5.74, 6) is -0.671. The Labute approximate surface area is 173 Å². The van der Waals surface area contributed by atoms with E-state index in [1.54, 1.807) is 6.92 Å². The van der Waals surface area contributed by atoms with Gasteiger partial charge in [-0.15, -0.1) is 0 Å². The van der Waals surface area contributed by atoms with Crippen molar-refractivity contribution in [2.75, 3.05) is 18.9 Å². The average Bonchev–Trinajstić information content (AvgIpc) is 3.17. The summed E-state index contributed by atoms with van der Waals surface area (Å²) in [6.07, 6.45) is 2.28. The van der Waals surface area contributed by atoms with E-state index in [-0.39, 0.29) is 11.8 Å². The van der Waals surface area contributed by atoms with Crippen molar-refractivity contribution in [3.63, 3.8) is 0 Å². The van der Waals surface area contributed by atoms with Gasteiger partial charge in [-0.05, 0) is 37.2 Å². The molecule has 2 unspecified atom stereocenters. The summed E-state index contributed by atoms with van der Waals surface area (Å²) >= 11 is 0. The second-order valence-electron chi connectivity index (χ2n) is 7.85. The van der Waals surface area contributed by atoms with Crippen molar-refractivity contribution in [1.82, 2.24) is 9.62 Å². The molecule has 1 heterocycles. The van der Waals surface area contributed by atoms with Gasteiger partial charge in [-0.2, -0.15) is 4.31 Å². The molecule has 8 heteroatoms. The molecule has 0 aromatic heterocycles. The summed E-state index contributed by atoms with van der Waals surface area (Å²) in [5, 5.41) is 2.92. The Balaban J connectivity index is 1.94. The van der Waals surface area contributed by atoms with Crippen LogP contribution in [0.5, 0.6) is 0 Å². The maximum Gasteiger partial charge on any atom is 0.324 e. The molecule has 1 fully saturated rings. The fourth-order valence-corrected chi connectivity index (χ4v) is 5.32. The summed E-state index contributed by atoms with van der Waals surface area (Å²) < 4.78 is 31.1. The highest BCUT2D eigenvalue weighted by Crippen LogP contribution is 2.23. The van der Waals surface area contributed by atoms with Gasteiger partial charge in [0.1, 0.15) is 6.04 Å². The molecule has 1 amide bonds. The van der Waals surface area contributed by atoms with Crippen LogP contribution in [0.15, 0.2) is 30.3 Å². The molecule has 7 nitrogen and oxygen atoms in total. The number of carbonyl (C=O) groups is 2. The number of hydrogen-bond donors (Lipinski definition) is 1. The SMILES string of the molecule is CCCS(=O)(=O)N1CCCC1C(=O)OCC(=O)NC(CC(C)C)c1ccccc1. The van der Waals surface area contributed by atoms with Gasteiger partial charge in [-0.1, -0.05) is 51.1 Å². The number of esters is 1. The van der Waals surface area contributed by atoms with Crippen LogP contribution < -0.4 is 5.32 Å². The quantitative estimate of drug-likeness (QED) is 0.583. The molecule has 0 radical (unpaired) electrons. The number of rotatable bonds is 10. The molecule has 0 saturated carbocycles. The molecular weight excluding hydrogens is 392 g/mol. The van der Waals surface area contributed by atoms with Crippen LogP contribution in [0.2, 0.25) is 0 Å². The second-order valence-corrected chi connectivity index (χ2v) is 9.89. The van der Waals surface area contributed by atoms with E-state index in [0.717, 1.165) is 12.0 Å². The molecule has 29 heavy (non-hydrogen) atoms. The van der Waals surface area contributed by atoms with Gasteiger partial charge < -0.3 is 10.1 Å². The predicted octanol–water partition coefficient (Wildman–Crippen LogP) is 2.64. The van der Waals surface area contributed by atoms with Crippen LogP contribution in [0.1, 0.15) is 58.1 Å². The fourth-order valence-electron chi connectivity index (χ4n) is 3.59. The molecule has 2 atom stereocenters. The van der Waals surface area contributed by atoms with Gasteiger partial charge in [-0.25, -0.2) is 8.42 Å². The lowest BCUT2D eigenvalue weighted by Gasteiger charge is -2.23. The molecule has 2 rings (SSSR count). The van der Waals surface area contributed by atoms with Crippen LogP contribution in [-0.2, 0) is 24.3 Å². The van der Waals surface area contributed by atoms with E-state index in [9.17, 15) is 18.0 Å². The molecule has 1 saturated heterocycles. The third kappa shape index (κ3) is 6.82. The van der Waals surface area contributed by atoms with Crippen LogP contribution in [0, 0.1) is 5.92 Å². The van der Waals surface area contributed by atoms with Crippen LogP contribution >= 0.6 is 0 Å². The first kappa shape index (κ1) is 23.3. The molecule has 1 aromatic carbocycles. The average molecular weight is 425 g/mol. The highest BCUT2D eigenvalue weighted by Gasteiger charge is 2.39. The Morgan fingerprint density at radius 3 is 2.55 bits per heavy atom. The smallest absolute Gasteiger partial charge is 0.324 e. The largest absolute Gasteiger partial charge is 0.454 e. The first-order valence-electron chi connectivity index (χ1n) is 10.2. The lowest BCUT2D eigenvalue weighted by Crippen LogP contribution is -2.43. The Hall–Kier alpha value is -1.93. The number of benzene rings is 1. The van der Waals surface area contributed by atoms with Crippen LogP contribution in [0.4, 0.5) is 0 Å². The number of ether oxygens (including phenoxy) is 1. The number of carbonyl (C=O) groups excluding carboxylic acids is 2. The molecule has 1 aromatic rings. The number of nitrogens with zero attached hydrogens (tertiary/aromatic N) is 1. The maximum atomic E-state index is 12.4. The van der Waals surface area contributed by atoms with Gasteiger partial charge >= 0.3 is 5.97 Å². The van der Waals surface area contributed by atoms with E-state index in [1.165, 1.54) is 4.31 Å². The van der Waals surface area contributed by atoms with E-state index >= 15 is 0 Å². The lowest BCUT2D eigenvalue weighted by molar-refractivity contribution is -0.151. The molecule has 1 N–H and O–H groups in total. The first-order chi connectivity index (χ1) is 13.7. The van der Waals surface area contributed by atoms with Gasteiger partial charge in [0.25, 0.3) is 5.91 Å². The van der Waals surface area contributed by atoms with Crippen molar-refractivity contribution < 1.29 is 22.7 Å². The highest BCUT2D eigenvalue weighted by molar-refractivity contribution is 7.89. The highest BCUT2D eigenvalue weighted by atomic mass is 32.2. The van der Waals surface area contributed by atoms with Crippen LogP contribution in [0.25, 0.3) is 0 Å². The number of sulfonamides is 1. The minimum Gasteiger partial charge on any atom is -0.454 e. The van der Waals surface area contributed by atoms with Gasteiger partial charge in [-0.3, -0.25) is 9.59 Å². The topological polar surface area (TPSA) is 92.8 Å². The maximum absolute atomic E-state index is 12.4. The minimum atomic E-state index is -3.48. The van der Waals surface area contributed by atoms with Gasteiger partial charge in [0.05, 0.1) is 11.8 Å². The summed E-state index contributed by atoms with van der Waals surface area (Å²) in [6.45, 7) is 5.84. The summed E-state index contributed by atoms with van der Waals surface area (Å²) in [7, 11) is -3.48. The van der Waals surface area contributed by atoms with Crippen molar-refractivity contribution in [3.8, 4) is 0 Å². The van der Waals surface area contributed by atoms with Gasteiger partial charge in [0, 0.05) is 6.54 Å². The summed E-state index contributed by atoms with van der Waals surface area (Å²) in [6, 6.07) is 8.65. The number of hydrogen-bond acceptors (Lipinski definition) is 5. The van der Waals surface area contributed by atoms with E-state index in [1.807, 2.05) is 30.3 Å². The van der Waals surface area contributed by atoms with Gasteiger partial charge in [0.2, 0.25) is 10.0 Å². The zero-order chi connectivity index (χ0) is 21.4. The van der Waals surface area contributed by atoms with Gasteiger partial charge in [0.15, 0.2) is 6.61 Å². The van der Waals surface area contributed by atoms with E-state index in [2.05, 4.69) is 19.2 Å². The Morgan fingerprint density at radius 2 is 1.93 bits per heavy atom. The van der Waals surface area contributed by atoms with E-state index in [0.29, 0.717) is 31.7 Å². The number of amides is 1. The zero-order valence-corrected chi connectivity index (χ0v) is 18.3. The van der Waals surface area contributed by atoms with Crippen molar-refractivity contribution in [1.29, 1.82) is 0 Å². The minimum absolute atomic E-state index is 0.00518. The molecule has 162 valence electrons. The molecule has 0 spiro atoms. The molecule has 1 aliphatic heterocycles. The third-order valence-electron chi connectivity index (χ3n) is 4.88. The Morgan fingerprint density at radius 1 is 1.24 bits per heavy atom. The van der Waals surface area contributed by atoms with E-state index < -0.39 is 34.5 Å². The Bertz CT molecular complexity index is 780. The van der Waals surface area contributed by atoms with Crippen molar-refractivity contribution in [2.24, 2.45) is 5.92 Å². The zero-order valence-electron chi connectivity index (χ0n) is 17.5. The molecule has 0 bridgehead atoms. The monoisotopic (exact) mass is 424 g/mol. The fraction of sp³-hybridized carbons (Fsp3) is 0.619. The van der Waals surface area contributed by atoms with Crippen molar-refractivity contribution in [3.05, 3.63) is 35.9 Å².